The van der Waals surface area contributed by atoms with Crippen molar-refractivity contribution in [1.29, 1.82) is 0 Å². The van der Waals surface area contributed by atoms with Gasteiger partial charge in [-0.15, -0.1) is 0 Å². The fourth-order valence-corrected chi connectivity index (χ4v) is 3.45. The van der Waals surface area contributed by atoms with Crippen LogP contribution in [0.15, 0.2) is 30.6 Å². The van der Waals surface area contributed by atoms with E-state index in [4.69, 9.17) is 0 Å². The van der Waals surface area contributed by atoms with Crippen molar-refractivity contribution in [2.75, 3.05) is 6.54 Å². The van der Waals surface area contributed by atoms with Crippen LogP contribution in [0, 0.1) is 6.92 Å². The molecule has 1 unspecified atom stereocenters. The maximum atomic E-state index is 12.8. The maximum absolute atomic E-state index is 12.8. The molecule has 1 amide bonds. The summed E-state index contributed by atoms with van der Waals surface area (Å²) in [6.07, 6.45) is 3.43. The second-order valence-corrected chi connectivity index (χ2v) is 6.66. The molecular formula is C18H22N6O2. The molecule has 0 fully saturated rings. The third kappa shape index (κ3) is 2.82. The van der Waals surface area contributed by atoms with Crippen molar-refractivity contribution in [2.24, 2.45) is 7.05 Å². The number of aryl methyl sites for hydroxylation is 3. The largest absolute Gasteiger partial charge is 0.380 e. The number of aliphatic hydroxyl groups is 1. The van der Waals surface area contributed by atoms with Gasteiger partial charge in [-0.25, -0.2) is 0 Å². The lowest BCUT2D eigenvalue weighted by atomic mass is 10.1. The quantitative estimate of drug-likeness (QED) is 0.743. The van der Waals surface area contributed by atoms with Gasteiger partial charge >= 0.3 is 0 Å². The molecule has 0 spiro atoms. The van der Waals surface area contributed by atoms with Crippen LogP contribution in [-0.2, 0) is 20.1 Å². The van der Waals surface area contributed by atoms with Crippen molar-refractivity contribution in [2.45, 2.75) is 32.5 Å². The van der Waals surface area contributed by atoms with E-state index in [9.17, 15) is 9.90 Å². The number of fused-ring (bicyclic) bond motifs is 1. The average Bonchev–Trinajstić information content (AvgIpc) is 3.31. The molecule has 4 rings (SSSR count). The lowest BCUT2D eigenvalue weighted by molar-refractivity contribution is 0.0745. The van der Waals surface area contributed by atoms with Gasteiger partial charge in [-0.1, -0.05) is 0 Å². The Morgan fingerprint density at radius 1 is 1.35 bits per heavy atom. The SMILES string of the molecule is Cc1[nH]ccc1C(=O)N1CCCn2nc(C(O)c3ccnn3C)cc2C1. The number of carbonyl (C=O) groups excluding carboxylic acids is 1. The summed E-state index contributed by atoms with van der Waals surface area (Å²) in [5.74, 6) is 0.0205. The highest BCUT2D eigenvalue weighted by Gasteiger charge is 2.25. The average molecular weight is 354 g/mol. The van der Waals surface area contributed by atoms with Crippen LogP contribution in [0.2, 0.25) is 0 Å². The van der Waals surface area contributed by atoms with Crippen LogP contribution in [0.4, 0.5) is 0 Å². The molecule has 3 aromatic heterocycles. The van der Waals surface area contributed by atoms with Crippen molar-refractivity contribution in [3.8, 4) is 0 Å². The number of nitrogens with one attached hydrogen (secondary N) is 1. The molecule has 26 heavy (non-hydrogen) atoms. The summed E-state index contributed by atoms with van der Waals surface area (Å²) in [4.78, 5) is 17.7. The van der Waals surface area contributed by atoms with E-state index in [-0.39, 0.29) is 5.91 Å². The Morgan fingerprint density at radius 2 is 2.19 bits per heavy atom. The summed E-state index contributed by atoms with van der Waals surface area (Å²) >= 11 is 0. The van der Waals surface area contributed by atoms with Crippen molar-refractivity contribution < 1.29 is 9.90 Å². The third-order valence-electron chi connectivity index (χ3n) is 4.92. The van der Waals surface area contributed by atoms with Crippen LogP contribution < -0.4 is 0 Å². The van der Waals surface area contributed by atoms with Gasteiger partial charge in [-0.2, -0.15) is 10.2 Å². The molecule has 8 nitrogen and oxygen atoms in total. The van der Waals surface area contributed by atoms with E-state index >= 15 is 0 Å². The van der Waals surface area contributed by atoms with Gasteiger partial charge in [0.25, 0.3) is 5.91 Å². The zero-order valence-corrected chi connectivity index (χ0v) is 14.9. The number of amides is 1. The molecule has 2 N–H and O–H groups in total. The monoisotopic (exact) mass is 354 g/mol. The summed E-state index contributed by atoms with van der Waals surface area (Å²) < 4.78 is 3.53. The fourth-order valence-electron chi connectivity index (χ4n) is 3.45. The Labute approximate surface area is 151 Å². The summed E-state index contributed by atoms with van der Waals surface area (Å²) in [6.45, 7) is 3.79. The van der Waals surface area contributed by atoms with Gasteiger partial charge in [-0.05, 0) is 31.5 Å². The van der Waals surface area contributed by atoms with E-state index in [2.05, 4.69) is 15.2 Å². The summed E-state index contributed by atoms with van der Waals surface area (Å²) in [6, 6.07) is 5.48. The highest BCUT2D eigenvalue weighted by atomic mass is 16.3. The standard InChI is InChI=1S/C18H22N6O2/c1-12-14(4-6-19-12)18(26)23-8-3-9-24-13(11-23)10-15(21-24)17(25)16-5-7-20-22(16)2/h4-7,10,17,19,25H,3,8-9,11H2,1-2H3. The first kappa shape index (κ1) is 16.6. The summed E-state index contributed by atoms with van der Waals surface area (Å²) in [5.41, 5.74) is 3.78. The predicted octanol–water partition coefficient (Wildman–Crippen LogP) is 1.38. The van der Waals surface area contributed by atoms with Gasteiger partial charge in [-0.3, -0.25) is 14.2 Å². The Balaban J connectivity index is 1.59. The van der Waals surface area contributed by atoms with Gasteiger partial charge in [0.05, 0.1) is 29.2 Å². The minimum atomic E-state index is -0.835. The fraction of sp³-hybridized carbons (Fsp3) is 0.389. The third-order valence-corrected chi connectivity index (χ3v) is 4.92. The second kappa shape index (κ2) is 6.45. The van der Waals surface area contributed by atoms with Crippen molar-refractivity contribution in [1.82, 2.24) is 29.4 Å². The number of rotatable bonds is 3. The Hall–Kier alpha value is -2.87. The number of H-pyrrole nitrogens is 1. The van der Waals surface area contributed by atoms with Gasteiger partial charge in [0, 0.05) is 38.2 Å². The summed E-state index contributed by atoms with van der Waals surface area (Å²) in [7, 11) is 1.79. The number of hydrogen-bond acceptors (Lipinski definition) is 4. The van der Waals surface area contributed by atoms with Gasteiger partial charge in [0.2, 0.25) is 0 Å². The van der Waals surface area contributed by atoms with E-state index < -0.39 is 6.10 Å². The highest BCUT2D eigenvalue weighted by molar-refractivity contribution is 5.95. The van der Waals surface area contributed by atoms with Crippen molar-refractivity contribution in [3.63, 3.8) is 0 Å². The van der Waals surface area contributed by atoms with Gasteiger partial charge in [0.1, 0.15) is 6.10 Å². The number of carbonyl (C=O) groups is 1. The summed E-state index contributed by atoms with van der Waals surface area (Å²) in [5, 5.41) is 19.3. The van der Waals surface area contributed by atoms with Crippen LogP contribution >= 0.6 is 0 Å². The zero-order chi connectivity index (χ0) is 18.3. The van der Waals surface area contributed by atoms with Crippen LogP contribution in [0.25, 0.3) is 0 Å². The normalized spacial score (nSPS) is 15.6. The van der Waals surface area contributed by atoms with E-state index in [1.165, 1.54) is 0 Å². The Kier molecular flexibility index (Phi) is 4.12. The van der Waals surface area contributed by atoms with Gasteiger partial charge < -0.3 is 15.0 Å². The first-order valence-electron chi connectivity index (χ1n) is 8.70. The molecule has 1 aliphatic heterocycles. The molecule has 4 heterocycles. The number of nitrogens with zero attached hydrogens (tertiary/aromatic N) is 5. The minimum absolute atomic E-state index is 0.0205. The number of aliphatic hydroxyl groups excluding tert-OH is 1. The molecule has 0 radical (unpaired) electrons. The molecule has 1 atom stereocenters. The Bertz CT molecular complexity index is 937. The van der Waals surface area contributed by atoms with E-state index in [1.54, 1.807) is 30.2 Å². The van der Waals surface area contributed by atoms with Crippen LogP contribution in [0.3, 0.4) is 0 Å². The van der Waals surface area contributed by atoms with Crippen LogP contribution in [0.5, 0.6) is 0 Å². The zero-order valence-electron chi connectivity index (χ0n) is 14.9. The lowest BCUT2D eigenvalue weighted by Gasteiger charge is -2.19. The minimum Gasteiger partial charge on any atom is -0.380 e. The second-order valence-electron chi connectivity index (χ2n) is 6.66. The van der Waals surface area contributed by atoms with E-state index in [0.29, 0.717) is 30.0 Å². The van der Waals surface area contributed by atoms with Gasteiger partial charge in [0.15, 0.2) is 0 Å². The molecule has 0 aliphatic carbocycles. The van der Waals surface area contributed by atoms with Crippen molar-refractivity contribution in [3.05, 3.63) is 58.9 Å². The molecule has 0 aromatic carbocycles. The number of hydrogen-bond donors (Lipinski definition) is 2. The molecule has 0 bridgehead atoms. The lowest BCUT2D eigenvalue weighted by Crippen LogP contribution is -2.30. The topological polar surface area (TPSA) is 92.0 Å². The number of aromatic amines is 1. The van der Waals surface area contributed by atoms with Crippen LogP contribution in [0.1, 0.15) is 45.7 Å². The van der Waals surface area contributed by atoms with E-state index in [1.807, 2.05) is 28.6 Å². The molecule has 0 saturated carbocycles. The van der Waals surface area contributed by atoms with E-state index in [0.717, 1.165) is 24.4 Å². The molecule has 136 valence electrons. The highest BCUT2D eigenvalue weighted by Crippen LogP contribution is 2.24. The Morgan fingerprint density at radius 3 is 2.88 bits per heavy atom. The maximum Gasteiger partial charge on any atom is 0.256 e. The first-order chi connectivity index (χ1) is 12.5. The van der Waals surface area contributed by atoms with Crippen molar-refractivity contribution >= 4 is 5.91 Å². The smallest absolute Gasteiger partial charge is 0.256 e. The predicted molar refractivity (Wildman–Crippen MR) is 94.4 cm³/mol. The first-order valence-corrected chi connectivity index (χ1v) is 8.70. The molecule has 1 aliphatic rings. The van der Waals surface area contributed by atoms with Crippen LogP contribution in [-0.4, -0.2) is 47.0 Å². The number of aromatic nitrogens is 5. The molecule has 0 saturated heterocycles. The molecule has 8 heteroatoms. The molecule has 3 aromatic rings. The molecular weight excluding hydrogens is 332 g/mol.